The minimum absolute atomic E-state index is 0.0534. The number of para-hydroxylation sites is 1. The van der Waals surface area contributed by atoms with Crippen molar-refractivity contribution in [1.82, 2.24) is 19.7 Å². The topological polar surface area (TPSA) is 94.1 Å². The lowest BCUT2D eigenvalue weighted by molar-refractivity contribution is -0.122. The van der Waals surface area contributed by atoms with E-state index in [1.54, 1.807) is 9.58 Å². The number of aromatic nitrogens is 3. The van der Waals surface area contributed by atoms with Crippen LogP contribution in [-0.4, -0.2) is 44.6 Å². The summed E-state index contributed by atoms with van der Waals surface area (Å²) in [6, 6.07) is 9.44. The van der Waals surface area contributed by atoms with Crippen LogP contribution >= 0.6 is 0 Å². The molecule has 0 aliphatic carbocycles. The minimum Gasteiger partial charge on any atom is -0.369 e. The van der Waals surface area contributed by atoms with E-state index in [0.29, 0.717) is 13.1 Å². The molecule has 2 aromatic rings. The van der Waals surface area contributed by atoms with Gasteiger partial charge in [-0.05, 0) is 18.1 Å². The second kappa shape index (κ2) is 5.59. The highest BCUT2D eigenvalue weighted by Gasteiger charge is 2.37. The molecular formula is C15H17N5O2. The molecule has 0 bridgehead atoms. The molecule has 0 saturated carbocycles. The number of primary amides is 1. The Morgan fingerprint density at radius 1 is 1.23 bits per heavy atom. The summed E-state index contributed by atoms with van der Waals surface area (Å²) < 4.78 is 1.55. The molecule has 2 amide bonds. The molecule has 1 aromatic heterocycles. The number of hydrogen-bond donors (Lipinski definition) is 1. The van der Waals surface area contributed by atoms with E-state index in [1.807, 2.05) is 37.3 Å². The summed E-state index contributed by atoms with van der Waals surface area (Å²) in [4.78, 5) is 29.5. The molecule has 1 aromatic carbocycles. The van der Waals surface area contributed by atoms with Gasteiger partial charge >= 0.3 is 0 Å². The van der Waals surface area contributed by atoms with Crippen LogP contribution in [0.3, 0.4) is 0 Å². The standard InChI is InChI=1S/C15H17N5O2/c1-10-7-19(8-12(10)13(16)21)15(22)14-17-9-20(18-14)11-5-3-2-4-6-11/h2-6,9-10,12H,7-8H2,1H3,(H2,16,21)/t10-,12-/m1/s1. The number of nitrogens with two attached hydrogens (primary N) is 1. The molecule has 7 nitrogen and oxygen atoms in total. The second-order valence-electron chi connectivity index (χ2n) is 5.54. The molecule has 1 saturated heterocycles. The third-order valence-electron chi connectivity index (χ3n) is 3.97. The number of amides is 2. The highest BCUT2D eigenvalue weighted by atomic mass is 16.2. The van der Waals surface area contributed by atoms with E-state index >= 15 is 0 Å². The normalized spacial score (nSPS) is 21.0. The summed E-state index contributed by atoms with van der Waals surface area (Å²) in [7, 11) is 0. The van der Waals surface area contributed by atoms with E-state index in [4.69, 9.17) is 5.73 Å². The summed E-state index contributed by atoms with van der Waals surface area (Å²) in [6.07, 6.45) is 1.51. The Balaban J connectivity index is 1.77. The Morgan fingerprint density at radius 2 is 1.95 bits per heavy atom. The Kier molecular flexibility index (Phi) is 3.62. The van der Waals surface area contributed by atoms with Crippen molar-refractivity contribution in [3.8, 4) is 5.69 Å². The van der Waals surface area contributed by atoms with Crippen LogP contribution in [0, 0.1) is 11.8 Å². The third-order valence-corrected chi connectivity index (χ3v) is 3.97. The van der Waals surface area contributed by atoms with E-state index in [9.17, 15) is 9.59 Å². The van der Waals surface area contributed by atoms with Crippen molar-refractivity contribution in [1.29, 1.82) is 0 Å². The number of hydrogen-bond acceptors (Lipinski definition) is 4. The number of carbonyl (C=O) groups is 2. The molecule has 1 fully saturated rings. The molecule has 0 spiro atoms. The Bertz CT molecular complexity index is 697. The van der Waals surface area contributed by atoms with E-state index in [2.05, 4.69) is 10.1 Å². The maximum Gasteiger partial charge on any atom is 0.293 e. The van der Waals surface area contributed by atoms with Gasteiger partial charge in [0.1, 0.15) is 6.33 Å². The van der Waals surface area contributed by atoms with Crippen LogP contribution in [0.1, 0.15) is 17.5 Å². The molecule has 3 rings (SSSR count). The molecule has 114 valence electrons. The van der Waals surface area contributed by atoms with Crippen molar-refractivity contribution < 1.29 is 9.59 Å². The van der Waals surface area contributed by atoms with Gasteiger partial charge in [-0.3, -0.25) is 9.59 Å². The van der Waals surface area contributed by atoms with E-state index in [1.165, 1.54) is 6.33 Å². The van der Waals surface area contributed by atoms with Crippen LogP contribution in [0.4, 0.5) is 0 Å². The molecule has 7 heteroatoms. The van der Waals surface area contributed by atoms with Gasteiger partial charge in [-0.2, -0.15) is 0 Å². The predicted octanol–water partition coefficient (Wildman–Crippen LogP) is 0.461. The van der Waals surface area contributed by atoms with E-state index in [-0.39, 0.29) is 29.5 Å². The lowest BCUT2D eigenvalue weighted by atomic mass is 9.98. The number of nitrogens with zero attached hydrogens (tertiary/aromatic N) is 4. The van der Waals surface area contributed by atoms with Crippen LogP contribution in [0.2, 0.25) is 0 Å². The van der Waals surface area contributed by atoms with Gasteiger partial charge in [-0.1, -0.05) is 25.1 Å². The van der Waals surface area contributed by atoms with E-state index in [0.717, 1.165) is 5.69 Å². The maximum absolute atomic E-state index is 12.4. The molecule has 22 heavy (non-hydrogen) atoms. The van der Waals surface area contributed by atoms with Crippen LogP contribution < -0.4 is 5.73 Å². The summed E-state index contributed by atoms with van der Waals surface area (Å²) in [6.45, 7) is 2.74. The zero-order chi connectivity index (χ0) is 15.7. The smallest absolute Gasteiger partial charge is 0.293 e. The average molecular weight is 299 g/mol. The first-order chi connectivity index (χ1) is 10.6. The van der Waals surface area contributed by atoms with Gasteiger partial charge in [0, 0.05) is 13.1 Å². The van der Waals surface area contributed by atoms with Gasteiger partial charge in [0.05, 0.1) is 11.6 Å². The number of likely N-dealkylation sites (tertiary alicyclic amines) is 1. The SMILES string of the molecule is C[C@@H]1CN(C(=O)c2ncn(-c3ccccc3)n2)C[C@H]1C(N)=O. The van der Waals surface area contributed by atoms with Gasteiger partial charge in [-0.25, -0.2) is 9.67 Å². The highest BCUT2D eigenvalue weighted by molar-refractivity contribution is 5.91. The van der Waals surface area contributed by atoms with Gasteiger partial charge < -0.3 is 10.6 Å². The second-order valence-corrected chi connectivity index (χ2v) is 5.54. The van der Waals surface area contributed by atoms with Gasteiger partial charge in [0.25, 0.3) is 5.91 Å². The van der Waals surface area contributed by atoms with Crippen molar-refractivity contribution >= 4 is 11.8 Å². The van der Waals surface area contributed by atoms with Crippen molar-refractivity contribution in [3.63, 3.8) is 0 Å². The molecule has 1 aliphatic heterocycles. The molecule has 0 unspecified atom stereocenters. The fourth-order valence-corrected chi connectivity index (χ4v) is 2.71. The van der Waals surface area contributed by atoms with Crippen LogP contribution in [0.25, 0.3) is 5.69 Å². The van der Waals surface area contributed by atoms with Crippen LogP contribution in [0.5, 0.6) is 0 Å². The van der Waals surface area contributed by atoms with Crippen molar-refractivity contribution in [2.75, 3.05) is 13.1 Å². The number of carbonyl (C=O) groups excluding carboxylic acids is 2. The van der Waals surface area contributed by atoms with Crippen LogP contribution in [0.15, 0.2) is 36.7 Å². The quantitative estimate of drug-likeness (QED) is 0.891. The average Bonchev–Trinajstić information content (AvgIpc) is 3.14. The van der Waals surface area contributed by atoms with Crippen molar-refractivity contribution in [2.45, 2.75) is 6.92 Å². The highest BCUT2D eigenvalue weighted by Crippen LogP contribution is 2.23. The molecule has 2 atom stereocenters. The van der Waals surface area contributed by atoms with Gasteiger partial charge in [0.2, 0.25) is 11.7 Å². The first-order valence-electron chi connectivity index (χ1n) is 7.12. The van der Waals surface area contributed by atoms with E-state index < -0.39 is 0 Å². The maximum atomic E-state index is 12.4. The minimum atomic E-state index is -0.370. The lowest BCUT2D eigenvalue weighted by Crippen LogP contribution is -2.32. The monoisotopic (exact) mass is 299 g/mol. The summed E-state index contributed by atoms with van der Waals surface area (Å²) >= 11 is 0. The van der Waals surface area contributed by atoms with Crippen molar-refractivity contribution in [2.24, 2.45) is 17.6 Å². The zero-order valence-corrected chi connectivity index (χ0v) is 12.2. The first kappa shape index (κ1) is 14.2. The molecule has 2 N–H and O–H groups in total. The fourth-order valence-electron chi connectivity index (χ4n) is 2.71. The largest absolute Gasteiger partial charge is 0.369 e. The number of rotatable bonds is 3. The van der Waals surface area contributed by atoms with Gasteiger partial charge in [-0.15, -0.1) is 5.10 Å². The molecule has 2 heterocycles. The van der Waals surface area contributed by atoms with Crippen molar-refractivity contribution in [3.05, 3.63) is 42.5 Å². The Labute approximate surface area is 127 Å². The molecular weight excluding hydrogens is 282 g/mol. The third kappa shape index (κ3) is 2.57. The lowest BCUT2D eigenvalue weighted by Gasteiger charge is -2.13. The number of benzene rings is 1. The summed E-state index contributed by atoms with van der Waals surface area (Å²) in [5.74, 6) is -0.769. The Morgan fingerprint density at radius 3 is 2.59 bits per heavy atom. The van der Waals surface area contributed by atoms with Crippen LogP contribution in [-0.2, 0) is 4.79 Å². The Hall–Kier alpha value is -2.70. The predicted molar refractivity (Wildman–Crippen MR) is 79.1 cm³/mol. The molecule has 0 radical (unpaired) electrons. The summed E-state index contributed by atoms with van der Waals surface area (Å²) in [5.41, 5.74) is 6.19. The fraction of sp³-hybridized carbons (Fsp3) is 0.333. The van der Waals surface area contributed by atoms with Gasteiger partial charge in [0.15, 0.2) is 0 Å². The molecule has 1 aliphatic rings. The summed E-state index contributed by atoms with van der Waals surface area (Å²) in [5, 5.41) is 4.22. The zero-order valence-electron chi connectivity index (χ0n) is 12.2. The first-order valence-corrected chi connectivity index (χ1v) is 7.12.